The van der Waals surface area contributed by atoms with Gasteiger partial charge in [-0.3, -0.25) is 4.79 Å². The van der Waals surface area contributed by atoms with Crippen LogP contribution >= 0.6 is 11.6 Å². The van der Waals surface area contributed by atoms with E-state index in [1.807, 2.05) is 24.0 Å². The highest BCUT2D eigenvalue weighted by atomic mass is 35.5. The van der Waals surface area contributed by atoms with Crippen LogP contribution in [0.15, 0.2) is 18.3 Å². The fourth-order valence-corrected chi connectivity index (χ4v) is 4.06. The topological polar surface area (TPSA) is 72.0 Å². The molecule has 3 atom stereocenters. The summed E-state index contributed by atoms with van der Waals surface area (Å²) in [6.45, 7) is 9.73. The van der Waals surface area contributed by atoms with Crippen LogP contribution in [-0.2, 0) is 19.1 Å². The van der Waals surface area contributed by atoms with Crippen LogP contribution in [0.5, 0.6) is 0 Å². The van der Waals surface area contributed by atoms with Crippen LogP contribution in [0.25, 0.3) is 0 Å². The molecule has 2 aliphatic heterocycles. The van der Waals surface area contributed by atoms with Gasteiger partial charge in [-0.15, -0.1) is 0 Å². The summed E-state index contributed by atoms with van der Waals surface area (Å²) in [5, 5.41) is 0.615. The van der Waals surface area contributed by atoms with Crippen LogP contribution in [0.4, 0.5) is 5.82 Å². The fraction of sp³-hybridized carbons (Fsp3) is 0.667. The minimum absolute atomic E-state index is 0.106. The largest absolute Gasteiger partial charge is 0.432 e. The number of anilines is 1. The van der Waals surface area contributed by atoms with Crippen LogP contribution in [0.1, 0.15) is 47.0 Å². The van der Waals surface area contributed by atoms with Gasteiger partial charge in [-0.2, -0.15) is 0 Å². The van der Waals surface area contributed by atoms with Gasteiger partial charge in [-0.05, 0) is 37.8 Å². The molecule has 3 heterocycles. The van der Waals surface area contributed by atoms with Crippen molar-refractivity contribution in [2.75, 3.05) is 24.5 Å². The smallest absolute Gasteiger partial charge is 0.337 e. The second-order valence-corrected chi connectivity index (χ2v) is 8.97. The molecular formula is C21H30ClN3O4. The second-order valence-electron chi connectivity index (χ2n) is 8.53. The molecule has 29 heavy (non-hydrogen) atoms. The van der Waals surface area contributed by atoms with E-state index in [1.165, 1.54) is 0 Å². The Bertz CT molecular complexity index is 740. The number of aromatic nitrogens is 1. The molecule has 0 N–H and O–H groups in total. The molecular weight excluding hydrogens is 394 g/mol. The zero-order valence-electron chi connectivity index (χ0n) is 17.6. The summed E-state index contributed by atoms with van der Waals surface area (Å²) in [6.07, 6.45) is 2.89. The normalized spacial score (nSPS) is 25.1. The molecule has 8 heteroatoms. The molecule has 0 bridgehead atoms. The number of nitrogens with zero attached hydrogens (tertiary/aromatic N) is 3. The standard InChI is InChI=1S/C21H30ClN3O4/c1-14(5-7-17-20(27)29-21(3,4)28-17)11-19(26)25-10-9-24(13-15(25)2)18-8-6-16(22)12-23-18/h6,8,12,14-15,17H,5,7,9-11,13H2,1-4H3/t14?,15-,17+/m1/s1. The third kappa shape index (κ3) is 5.60. The number of carbonyl (C=O) groups is 2. The van der Waals surface area contributed by atoms with Gasteiger partial charge in [0.25, 0.3) is 0 Å². The van der Waals surface area contributed by atoms with Gasteiger partial charge in [-0.1, -0.05) is 18.5 Å². The maximum absolute atomic E-state index is 12.8. The lowest BCUT2D eigenvalue weighted by atomic mass is 9.98. The maximum Gasteiger partial charge on any atom is 0.337 e. The van der Waals surface area contributed by atoms with E-state index in [-0.39, 0.29) is 23.8 Å². The first-order chi connectivity index (χ1) is 13.6. The molecule has 0 aromatic carbocycles. The zero-order valence-corrected chi connectivity index (χ0v) is 18.3. The van der Waals surface area contributed by atoms with E-state index in [4.69, 9.17) is 21.1 Å². The summed E-state index contributed by atoms with van der Waals surface area (Å²) in [6, 6.07) is 3.85. The van der Waals surface area contributed by atoms with E-state index >= 15 is 0 Å². The number of carbonyl (C=O) groups excluding carboxylic acids is 2. The first kappa shape index (κ1) is 21.8. The molecule has 1 unspecified atom stereocenters. The molecule has 1 aromatic rings. The van der Waals surface area contributed by atoms with Gasteiger partial charge < -0.3 is 19.3 Å². The van der Waals surface area contributed by atoms with E-state index in [2.05, 4.69) is 16.8 Å². The first-order valence-corrected chi connectivity index (χ1v) is 10.6. The Morgan fingerprint density at radius 1 is 1.38 bits per heavy atom. The number of rotatable bonds is 6. The van der Waals surface area contributed by atoms with Gasteiger partial charge in [0.1, 0.15) is 5.82 Å². The molecule has 3 rings (SSSR count). The lowest BCUT2D eigenvalue weighted by molar-refractivity contribution is -0.161. The Morgan fingerprint density at radius 2 is 2.14 bits per heavy atom. The number of cyclic esters (lactones) is 1. The second kappa shape index (κ2) is 8.88. The average molecular weight is 424 g/mol. The lowest BCUT2D eigenvalue weighted by Crippen LogP contribution is -2.54. The highest BCUT2D eigenvalue weighted by Crippen LogP contribution is 2.28. The highest BCUT2D eigenvalue weighted by Gasteiger charge is 2.40. The van der Waals surface area contributed by atoms with Crippen molar-refractivity contribution in [3.63, 3.8) is 0 Å². The van der Waals surface area contributed by atoms with E-state index in [0.29, 0.717) is 24.4 Å². The number of pyridine rings is 1. The molecule has 1 amide bonds. The Hall–Kier alpha value is -1.86. The predicted octanol–water partition coefficient (Wildman–Crippen LogP) is 3.26. The summed E-state index contributed by atoms with van der Waals surface area (Å²) in [5.74, 6) is 0.0476. The van der Waals surface area contributed by atoms with Gasteiger partial charge in [-0.25, -0.2) is 9.78 Å². The first-order valence-electron chi connectivity index (χ1n) is 10.2. The SMILES string of the molecule is CC(CC[C@@H]1OC(C)(C)OC1=O)CC(=O)N1CCN(c2ccc(Cl)cn2)C[C@H]1C. The Balaban J connectivity index is 1.45. The van der Waals surface area contributed by atoms with Gasteiger partial charge in [0.15, 0.2) is 6.10 Å². The minimum Gasteiger partial charge on any atom is -0.432 e. The molecule has 2 aliphatic rings. The number of hydrogen-bond acceptors (Lipinski definition) is 6. The summed E-state index contributed by atoms with van der Waals surface area (Å²) >= 11 is 5.91. The zero-order chi connectivity index (χ0) is 21.2. The Kier molecular flexibility index (Phi) is 6.69. The van der Waals surface area contributed by atoms with Crippen molar-refractivity contribution in [1.82, 2.24) is 9.88 Å². The van der Waals surface area contributed by atoms with Gasteiger partial charge in [0.2, 0.25) is 11.7 Å². The molecule has 2 fully saturated rings. The number of amides is 1. The van der Waals surface area contributed by atoms with Crippen molar-refractivity contribution >= 4 is 29.3 Å². The summed E-state index contributed by atoms with van der Waals surface area (Å²) in [5.41, 5.74) is 0. The van der Waals surface area contributed by atoms with Crippen LogP contribution < -0.4 is 4.90 Å². The average Bonchev–Trinajstić information content (AvgIpc) is 2.92. The fourth-order valence-electron chi connectivity index (χ4n) is 3.94. The number of piperazine rings is 1. The van der Waals surface area contributed by atoms with Gasteiger partial charge in [0.05, 0.1) is 5.02 Å². The Morgan fingerprint density at radius 3 is 2.72 bits per heavy atom. The van der Waals surface area contributed by atoms with Crippen LogP contribution in [-0.4, -0.2) is 59.3 Å². The lowest BCUT2D eigenvalue weighted by Gasteiger charge is -2.40. The molecule has 160 valence electrons. The third-order valence-corrected chi connectivity index (χ3v) is 5.69. The van der Waals surface area contributed by atoms with Crippen molar-refractivity contribution in [2.24, 2.45) is 5.92 Å². The molecule has 0 saturated carbocycles. The minimum atomic E-state index is -0.852. The summed E-state index contributed by atoms with van der Waals surface area (Å²) in [7, 11) is 0. The van der Waals surface area contributed by atoms with Crippen LogP contribution in [0.3, 0.4) is 0 Å². The highest BCUT2D eigenvalue weighted by molar-refractivity contribution is 6.30. The van der Waals surface area contributed by atoms with Crippen molar-refractivity contribution in [3.05, 3.63) is 23.4 Å². The quantitative estimate of drug-likeness (QED) is 0.654. The third-order valence-electron chi connectivity index (χ3n) is 5.46. The van der Waals surface area contributed by atoms with Crippen LogP contribution in [0, 0.1) is 5.92 Å². The summed E-state index contributed by atoms with van der Waals surface area (Å²) < 4.78 is 10.8. The molecule has 0 radical (unpaired) electrons. The number of halogens is 1. The van der Waals surface area contributed by atoms with Gasteiger partial charge >= 0.3 is 5.97 Å². The molecule has 1 aromatic heterocycles. The van der Waals surface area contributed by atoms with E-state index in [1.54, 1.807) is 20.0 Å². The van der Waals surface area contributed by atoms with Crippen molar-refractivity contribution in [1.29, 1.82) is 0 Å². The molecule has 7 nitrogen and oxygen atoms in total. The number of esters is 1. The van der Waals surface area contributed by atoms with E-state index < -0.39 is 11.9 Å². The number of ether oxygens (including phenoxy) is 2. The molecule has 0 spiro atoms. The Labute approximate surface area is 177 Å². The monoisotopic (exact) mass is 423 g/mol. The maximum atomic E-state index is 12.8. The van der Waals surface area contributed by atoms with Gasteiger partial charge in [0, 0.05) is 52.1 Å². The van der Waals surface area contributed by atoms with Crippen molar-refractivity contribution in [2.45, 2.75) is 64.9 Å². The van der Waals surface area contributed by atoms with Crippen LogP contribution in [0.2, 0.25) is 5.02 Å². The predicted molar refractivity (Wildman–Crippen MR) is 111 cm³/mol. The van der Waals surface area contributed by atoms with Crippen molar-refractivity contribution in [3.8, 4) is 0 Å². The van der Waals surface area contributed by atoms with E-state index in [9.17, 15) is 9.59 Å². The number of hydrogen-bond donors (Lipinski definition) is 0. The summed E-state index contributed by atoms with van der Waals surface area (Å²) in [4.78, 5) is 33.2. The van der Waals surface area contributed by atoms with Crippen molar-refractivity contribution < 1.29 is 19.1 Å². The molecule has 2 saturated heterocycles. The molecule has 0 aliphatic carbocycles. The van der Waals surface area contributed by atoms with E-state index in [0.717, 1.165) is 25.3 Å².